The molecule has 0 aliphatic heterocycles. The van der Waals surface area contributed by atoms with E-state index in [0.29, 0.717) is 10.0 Å². The van der Waals surface area contributed by atoms with Crippen molar-refractivity contribution < 1.29 is 0 Å². The molecule has 1 atom stereocenters. The van der Waals surface area contributed by atoms with Crippen LogP contribution in [0.2, 0.25) is 10.0 Å². The highest BCUT2D eigenvalue weighted by atomic mass is 79.9. The molecule has 0 saturated carbocycles. The second-order valence-electron chi connectivity index (χ2n) is 3.92. The zero-order valence-electron chi connectivity index (χ0n) is 9.62. The molecule has 0 spiro atoms. The molecule has 0 bridgehead atoms. The number of nitrogens with zero attached hydrogens (tertiary/aromatic N) is 1. The van der Waals surface area contributed by atoms with Crippen LogP contribution in [-0.2, 0) is 0 Å². The Bertz CT molecular complexity index is 560. The summed E-state index contributed by atoms with van der Waals surface area (Å²) in [4.78, 5) is 4.10. The predicted molar refractivity (Wildman–Crippen MR) is 80.4 cm³/mol. The van der Waals surface area contributed by atoms with Crippen LogP contribution in [0.4, 0.5) is 5.69 Å². The van der Waals surface area contributed by atoms with Crippen LogP contribution in [0.5, 0.6) is 0 Å². The van der Waals surface area contributed by atoms with Crippen LogP contribution < -0.4 is 5.32 Å². The summed E-state index contributed by atoms with van der Waals surface area (Å²) in [6, 6.07) is 7.46. The predicted octanol–water partition coefficient (Wildman–Crippen LogP) is 5.32. The number of benzene rings is 1. The van der Waals surface area contributed by atoms with Gasteiger partial charge in [-0.05, 0) is 52.7 Å². The first-order chi connectivity index (χ1) is 8.56. The Morgan fingerprint density at radius 2 is 2.00 bits per heavy atom. The molecule has 1 heterocycles. The lowest BCUT2D eigenvalue weighted by atomic mass is 10.1. The maximum Gasteiger partial charge on any atom is 0.0542 e. The van der Waals surface area contributed by atoms with Crippen LogP contribution in [-0.4, -0.2) is 4.98 Å². The van der Waals surface area contributed by atoms with Crippen molar-refractivity contribution in [3.63, 3.8) is 0 Å². The summed E-state index contributed by atoms with van der Waals surface area (Å²) in [5, 5.41) is 4.70. The molecular weight excluding hydrogens is 335 g/mol. The fourth-order valence-corrected chi connectivity index (χ4v) is 2.49. The van der Waals surface area contributed by atoms with Crippen LogP contribution in [0.3, 0.4) is 0 Å². The van der Waals surface area contributed by atoms with Gasteiger partial charge in [0.15, 0.2) is 0 Å². The molecule has 1 N–H and O–H groups in total. The van der Waals surface area contributed by atoms with Gasteiger partial charge in [-0.25, -0.2) is 0 Å². The Labute approximate surface area is 124 Å². The van der Waals surface area contributed by atoms with E-state index < -0.39 is 0 Å². The molecule has 1 aromatic carbocycles. The lowest BCUT2D eigenvalue weighted by molar-refractivity contribution is 0.883. The molecule has 0 aliphatic carbocycles. The molecule has 0 radical (unpaired) electrons. The van der Waals surface area contributed by atoms with Gasteiger partial charge in [0.2, 0.25) is 0 Å². The van der Waals surface area contributed by atoms with E-state index in [2.05, 4.69) is 26.2 Å². The molecular formula is C13H11BrCl2N2. The van der Waals surface area contributed by atoms with Gasteiger partial charge in [0.25, 0.3) is 0 Å². The molecule has 1 unspecified atom stereocenters. The molecule has 0 saturated heterocycles. The second kappa shape index (κ2) is 5.91. The van der Waals surface area contributed by atoms with E-state index in [0.717, 1.165) is 15.7 Å². The smallest absolute Gasteiger partial charge is 0.0542 e. The normalized spacial score (nSPS) is 12.2. The summed E-state index contributed by atoms with van der Waals surface area (Å²) >= 11 is 15.5. The summed E-state index contributed by atoms with van der Waals surface area (Å²) in [6.07, 6.45) is 3.50. The van der Waals surface area contributed by atoms with E-state index in [-0.39, 0.29) is 6.04 Å². The second-order valence-corrected chi connectivity index (χ2v) is 5.68. The topological polar surface area (TPSA) is 24.9 Å². The quantitative estimate of drug-likeness (QED) is 0.813. The van der Waals surface area contributed by atoms with Gasteiger partial charge >= 0.3 is 0 Å². The average molecular weight is 346 g/mol. The van der Waals surface area contributed by atoms with Crippen molar-refractivity contribution in [1.82, 2.24) is 4.98 Å². The van der Waals surface area contributed by atoms with E-state index >= 15 is 0 Å². The lowest BCUT2D eigenvalue weighted by Gasteiger charge is -2.17. The van der Waals surface area contributed by atoms with Gasteiger partial charge in [-0.1, -0.05) is 23.2 Å². The van der Waals surface area contributed by atoms with Crippen molar-refractivity contribution in [1.29, 1.82) is 0 Å². The van der Waals surface area contributed by atoms with Crippen LogP contribution in [0, 0.1) is 0 Å². The maximum absolute atomic E-state index is 6.17. The number of rotatable bonds is 3. The number of halogens is 3. The van der Waals surface area contributed by atoms with Crippen LogP contribution in [0.25, 0.3) is 0 Å². The Morgan fingerprint density at radius 1 is 1.22 bits per heavy atom. The highest BCUT2D eigenvalue weighted by Gasteiger charge is 2.10. The van der Waals surface area contributed by atoms with Crippen molar-refractivity contribution in [2.24, 2.45) is 0 Å². The first-order valence-corrected chi connectivity index (χ1v) is 6.93. The van der Waals surface area contributed by atoms with E-state index in [1.165, 1.54) is 0 Å². The van der Waals surface area contributed by atoms with Crippen molar-refractivity contribution >= 4 is 44.8 Å². The lowest BCUT2D eigenvalue weighted by Crippen LogP contribution is -2.07. The first kappa shape index (κ1) is 13.7. The number of hydrogen-bond donors (Lipinski definition) is 1. The maximum atomic E-state index is 6.17. The van der Waals surface area contributed by atoms with Gasteiger partial charge in [0.05, 0.1) is 17.9 Å². The molecule has 94 valence electrons. The fourth-order valence-electron chi connectivity index (χ4n) is 1.66. The number of aromatic nitrogens is 1. The minimum atomic E-state index is 0.0484. The van der Waals surface area contributed by atoms with Crippen LogP contribution >= 0.6 is 39.1 Å². The van der Waals surface area contributed by atoms with E-state index in [4.69, 9.17) is 23.2 Å². The molecule has 2 nitrogen and oxygen atoms in total. The van der Waals surface area contributed by atoms with E-state index in [1.54, 1.807) is 24.5 Å². The van der Waals surface area contributed by atoms with Gasteiger partial charge < -0.3 is 5.32 Å². The Hall–Kier alpha value is -0.770. The summed E-state index contributed by atoms with van der Waals surface area (Å²) < 4.78 is 0.928. The van der Waals surface area contributed by atoms with Crippen LogP contribution in [0.15, 0.2) is 41.1 Å². The zero-order chi connectivity index (χ0) is 13.1. The van der Waals surface area contributed by atoms with E-state index in [1.807, 2.05) is 19.1 Å². The van der Waals surface area contributed by atoms with Crippen molar-refractivity contribution in [3.05, 3.63) is 56.7 Å². The summed E-state index contributed by atoms with van der Waals surface area (Å²) in [6.45, 7) is 2.03. The van der Waals surface area contributed by atoms with Crippen molar-refractivity contribution in [2.75, 3.05) is 5.32 Å². The monoisotopic (exact) mass is 344 g/mol. The zero-order valence-corrected chi connectivity index (χ0v) is 12.7. The standard InChI is InChI=1S/C13H11BrCl2N2/c1-8(12-5-10(15)2-3-13(12)16)18-11-4-9(14)6-17-7-11/h2-8,18H,1H3. The van der Waals surface area contributed by atoms with E-state index in [9.17, 15) is 0 Å². The molecule has 0 fully saturated rings. The van der Waals surface area contributed by atoms with Gasteiger partial charge in [-0.2, -0.15) is 0 Å². The number of nitrogens with one attached hydrogen (secondary N) is 1. The molecule has 2 rings (SSSR count). The van der Waals surface area contributed by atoms with Gasteiger partial charge in [-0.15, -0.1) is 0 Å². The minimum Gasteiger partial charge on any atom is -0.377 e. The number of pyridine rings is 1. The number of anilines is 1. The highest BCUT2D eigenvalue weighted by molar-refractivity contribution is 9.10. The van der Waals surface area contributed by atoms with Crippen molar-refractivity contribution in [3.8, 4) is 0 Å². The summed E-state index contributed by atoms with van der Waals surface area (Å²) in [7, 11) is 0. The fraction of sp³-hybridized carbons (Fsp3) is 0.154. The van der Waals surface area contributed by atoms with Gasteiger partial charge in [0, 0.05) is 20.7 Å². The molecule has 5 heteroatoms. The SMILES string of the molecule is CC(Nc1cncc(Br)c1)c1cc(Cl)ccc1Cl. The molecule has 1 aromatic heterocycles. The molecule has 2 aromatic rings. The Kier molecular flexibility index (Phi) is 4.49. The molecule has 18 heavy (non-hydrogen) atoms. The Morgan fingerprint density at radius 3 is 2.72 bits per heavy atom. The first-order valence-electron chi connectivity index (χ1n) is 5.38. The average Bonchev–Trinajstić information content (AvgIpc) is 2.32. The largest absolute Gasteiger partial charge is 0.377 e. The molecule has 0 amide bonds. The number of hydrogen-bond acceptors (Lipinski definition) is 2. The molecule has 0 aliphatic rings. The van der Waals surface area contributed by atoms with Crippen LogP contribution in [0.1, 0.15) is 18.5 Å². The summed E-state index contributed by atoms with van der Waals surface area (Å²) in [5.74, 6) is 0. The minimum absolute atomic E-state index is 0.0484. The highest BCUT2D eigenvalue weighted by Crippen LogP contribution is 2.28. The third-order valence-electron chi connectivity index (χ3n) is 2.51. The Balaban J connectivity index is 2.21. The van der Waals surface area contributed by atoms with Gasteiger partial charge in [0.1, 0.15) is 0 Å². The summed E-state index contributed by atoms with van der Waals surface area (Å²) in [5.41, 5.74) is 1.89. The third kappa shape index (κ3) is 3.37. The van der Waals surface area contributed by atoms with Crippen molar-refractivity contribution in [2.45, 2.75) is 13.0 Å². The van der Waals surface area contributed by atoms with Gasteiger partial charge in [-0.3, -0.25) is 4.98 Å². The third-order valence-corrected chi connectivity index (χ3v) is 3.53.